The molecule has 0 spiro atoms. The summed E-state index contributed by atoms with van der Waals surface area (Å²) in [6.07, 6.45) is 4.28. The lowest BCUT2D eigenvalue weighted by atomic mass is 10.1. The van der Waals surface area contributed by atoms with Gasteiger partial charge in [0.05, 0.1) is 12.4 Å². The molecule has 0 aliphatic carbocycles. The second-order valence-electron chi connectivity index (χ2n) is 7.05. The number of amides is 3. The molecule has 1 aromatic rings. The predicted molar refractivity (Wildman–Crippen MR) is 116 cm³/mol. The number of nitrogens with zero attached hydrogens (tertiary/aromatic N) is 1. The van der Waals surface area contributed by atoms with E-state index >= 15 is 0 Å². The number of aliphatic carboxylic acids is 1. The Bertz CT molecular complexity index is 731. The van der Waals surface area contributed by atoms with Crippen molar-refractivity contribution in [3.05, 3.63) is 18.2 Å². The summed E-state index contributed by atoms with van der Waals surface area (Å²) in [7, 11) is 0. The number of hydrogen-bond acceptors (Lipinski definition) is 8. The normalized spacial score (nSPS) is 14.7. The van der Waals surface area contributed by atoms with Crippen LogP contribution in [0.3, 0.4) is 0 Å². The number of carboxylic acid groups (broad SMARTS) is 1. The van der Waals surface area contributed by atoms with Gasteiger partial charge in [0.15, 0.2) is 0 Å². The first-order valence-electron chi connectivity index (χ1n) is 9.87. The highest BCUT2D eigenvalue weighted by atomic mass is 32.1. The highest BCUT2D eigenvalue weighted by Crippen LogP contribution is 2.05. The van der Waals surface area contributed by atoms with E-state index in [9.17, 15) is 24.3 Å². The molecule has 0 bridgehead atoms. The van der Waals surface area contributed by atoms with Crippen molar-refractivity contribution in [1.82, 2.24) is 25.9 Å². The molecule has 0 fully saturated rings. The van der Waals surface area contributed by atoms with E-state index in [-0.39, 0.29) is 18.6 Å². The highest BCUT2D eigenvalue weighted by Gasteiger charge is 2.28. The lowest BCUT2D eigenvalue weighted by molar-refractivity contribution is -0.142. The minimum atomic E-state index is -1.23. The third kappa shape index (κ3) is 9.36. The van der Waals surface area contributed by atoms with Crippen LogP contribution < -0.4 is 27.4 Å². The molecular formula is C18H31N7O5S. The summed E-state index contributed by atoms with van der Waals surface area (Å²) in [6.45, 7) is 1.86. The zero-order chi connectivity index (χ0) is 23.4. The molecule has 1 heterocycles. The van der Waals surface area contributed by atoms with Crippen LogP contribution in [-0.2, 0) is 25.6 Å². The Morgan fingerprint density at radius 3 is 2.35 bits per heavy atom. The maximum Gasteiger partial charge on any atom is 0.326 e. The second-order valence-corrected chi connectivity index (χ2v) is 7.41. The predicted octanol–water partition coefficient (Wildman–Crippen LogP) is -2.10. The summed E-state index contributed by atoms with van der Waals surface area (Å²) in [5.41, 5.74) is 11.6. The van der Waals surface area contributed by atoms with Crippen LogP contribution in [0.1, 0.15) is 31.9 Å². The van der Waals surface area contributed by atoms with E-state index in [0.717, 1.165) is 0 Å². The molecule has 0 aromatic carbocycles. The number of unbranched alkanes of at least 4 members (excludes halogenated alkanes) is 1. The average Bonchev–Trinajstić information content (AvgIpc) is 3.24. The number of imidazole rings is 1. The van der Waals surface area contributed by atoms with Gasteiger partial charge in [0.1, 0.15) is 18.1 Å². The molecule has 9 N–H and O–H groups in total. The van der Waals surface area contributed by atoms with Gasteiger partial charge in [-0.3, -0.25) is 14.4 Å². The van der Waals surface area contributed by atoms with Crippen LogP contribution in [-0.4, -0.2) is 75.2 Å². The van der Waals surface area contributed by atoms with Crippen LogP contribution in [0.25, 0.3) is 0 Å². The molecule has 13 heteroatoms. The lowest BCUT2D eigenvalue weighted by Gasteiger charge is -2.23. The van der Waals surface area contributed by atoms with Crippen LogP contribution in [0.15, 0.2) is 12.5 Å². The summed E-state index contributed by atoms with van der Waals surface area (Å²) in [6, 6.07) is -4.04. The van der Waals surface area contributed by atoms with Crippen LogP contribution >= 0.6 is 12.6 Å². The maximum absolute atomic E-state index is 12.8. The Hall–Kier alpha value is -2.64. The molecule has 0 aliphatic rings. The zero-order valence-electron chi connectivity index (χ0n) is 17.3. The number of nitrogens with one attached hydrogen (secondary N) is 4. The topological polar surface area (TPSA) is 205 Å². The highest BCUT2D eigenvalue weighted by molar-refractivity contribution is 7.80. The third-order valence-corrected chi connectivity index (χ3v) is 4.85. The summed E-state index contributed by atoms with van der Waals surface area (Å²) in [5, 5.41) is 16.9. The lowest BCUT2D eigenvalue weighted by Crippen LogP contribution is -2.56. The van der Waals surface area contributed by atoms with E-state index in [1.807, 2.05) is 0 Å². The molecule has 31 heavy (non-hydrogen) atoms. The molecule has 4 unspecified atom stereocenters. The number of nitrogens with two attached hydrogens (primary N) is 2. The van der Waals surface area contributed by atoms with Crippen molar-refractivity contribution in [2.75, 3.05) is 12.3 Å². The van der Waals surface area contributed by atoms with Gasteiger partial charge in [0.25, 0.3) is 0 Å². The number of rotatable bonds is 14. The number of H-pyrrole nitrogens is 1. The first kappa shape index (κ1) is 26.4. The number of carboxylic acids is 1. The quantitative estimate of drug-likeness (QED) is 0.114. The fourth-order valence-corrected chi connectivity index (χ4v) is 2.78. The van der Waals surface area contributed by atoms with E-state index in [0.29, 0.717) is 25.1 Å². The number of thiol groups is 1. The smallest absolute Gasteiger partial charge is 0.326 e. The van der Waals surface area contributed by atoms with Gasteiger partial charge in [-0.05, 0) is 32.7 Å². The van der Waals surface area contributed by atoms with E-state index in [1.165, 1.54) is 19.4 Å². The van der Waals surface area contributed by atoms with E-state index in [4.69, 9.17) is 11.5 Å². The van der Waals surface area contributed by atoms with Gasteiger partial charge < -0.3 is 37.5 Å². The van der Waals surface area contributed by atoms with E-state index in [2.05, 4.69) is 38.5 Å². The van der Waals surface area contributed by atoms with E-state index in [1.54, 1.807) is 0 Å². The summed E-state index contributed by atoms with van der Waals surface area (Å²) in [5.74, 6) is -2.92. The molecule has 0 saturated heterocycles. The Kier molecular flexibility index (Phi) is 11.6. The van der Waals surface area contributed by atoms with Gasteiger partial charge in [0, 0.05) is 24.1 Å². The van der Waals surface area contributed by atoms with Crippen molar-refractivity contribution in [3.63, 3.8) is 0 Å². The number of aromatic nitrogens is 2. The average molecular weight is 458 g/mol. The van der Waals surface area contributed by atoms with Crippen LogP contribution in [0.4, 0.5) is 0 Å². The van der Waals surface area contributed by atoms with Crippen molar-refractivity contribution in [3.8, 4) is 0 Å². The van der Waals surface area contributed by atoms with Crippen LogP contribution in [0, 0.1) is 0 Å². The standard InChI is InChI=1S/C18H31N7O5S/c1-10(23-16(27)12(20)8-31)15(26)24-13(4-2-3-5-19)17(28)25-14(18(29)30)6-11-7-21-9-22-11/h7,9-10,12-14,31H,2-6,8,19-20H2,1H3,(H,21,22)(H,23,27)(H,24,26)(H,25,28)(H,29,30). The fraction of sp³-hybridized carbons (Fsp3) is 0.611. The first-order valence-corrected chi connectivity index (χ1v) is 10.5. The van der Waals surface area contributed by atoms with Crippen molar-refractivity contribution < 1.29 is 24.3 Å². The zero-order valence-corrected chi connectivity index (χ0v) is 18.2. The molecule has 3 amide bonds. The second kappa shape index (κ2) is 13.6. The van der Waals surface area contributed by atoms with Gasteiger partial charge in [-0.1, -0.05) is 0 Å². The van der Waals surface area contributed by atoms with Gasteiger partial charge >= 0.3 is 5.97 Å². The first-order chi connectivity index (χ1) is 14.7. The Morgan fingerprint density at radius 2 is 1.81 bits per heavy atom. The number of hydrogen-bond donors (Lipinski definition) is 8. The molecule has 0 radical (unpaired) electrons. The van der Waals surface area contributed by atoms with Gasteiger partial charge in [-0.15, -0.1) is 0 Å². The molecule has 0 aliphatic heterocycles. The largest absolute Gasteiger partial charge is 0.480 e. The Morgan fingerprint density at radius 1 is 1.13 bits per heavy atom. The molecule has 174 valence electrons. The van der Waals surface area contributed by atoms with Crippen molar-refractivity contribution in [2.24, 2.45) is 11.5 Å². The molecule has 1 rings (SSSR count). The summed E-state index contributed by atoms with van der Waals surface area (Å²) >= 11 is 3.94. The maximum atomic E-state index is 12.8. The minimum Gasteiger partial charge on any atom is -0.480 e. The van der Waals surface area contributed by atoms with Gasteiger partial charge in [0.2, 0.25) is 17.7 Å². The monoisotopic (exact) mass is 457 g/mol. The number of carbonyl (C=O) groups is 4. The number of aromatic amines is 1. The summed E-state index contributed by atoms with van der Waals surface area (Å²) in [4.78, 5) is 55.3. The Labute approximate surface area is 185 Å². The van der Waals surface area contributed by atoms with Crippen molar-refractivity contribution in [2.45, 2.75) is 56.8 Å². The SMILES string of the molecule is CC(NC(=O)C(N)CS)C(=O)NC(CCCCN)C(=O)NC(Cc1cnc[nH]1)C(=O)O. The number of carbonyl (C=O) groups excluding carboxylic acids is 3. The minimum absolute atomic E-state index is 0.00137. The third-order valence-electron chi connectivity index (χ3n) is 4.46. The molecule has 4 atom stereocenters. The van der Waals surface area contributed by atoms with Gasteiger partial charge in [-0.2, -0.15) is 12.6 Å². The van der Waals surface area contributed by atoms with Crippen molar-refractivity contribution in [1.29, 1.82) is 0 Å². The van der Waals surface area contributed by atoms with Crippen LogP contribution in [0.5, 0.6) is 0 Å². The molecule has 12 nitrogen and oxygen atoms in total. The molecule has 1 aromatic heterocycles. The van der Waals surface area contributed by atoms with Crippen LogP contribution in [0.2, 0.25) is 0 Å². The van der Waals surface area contributed by atoms with Gasteiger partial charge in [-0.25, -0.2) is 9.78 Å². The van der Waals surface area contributed by atoms with E-state index < -0.39 is 47.9 Å². The molecule has 0 saturated carbocycles. The fourth-order valence-electron chi connectivity index (χ4n) is 2.62. The van der Waals surface area contributed by atoms with Crippen molar-refractivity contribution >= 4 is 36.3 Å². The Balaban J connectivity index is 2.80. The molecular weight excluding hydrogens is 426 g/mol. The summed E-state index contributed by atoms with van der Waals surface area (Å²) < 4.78 is 0.